The zero-order valence-electron chi connectivity index (χ0n) is 18.4. The number of benzene rings is 2. The first-order chi connectivity index (χ1) is 16.1. The second kappa shape index (κ2) is 8.93. The van der Waals surface area contributed by atoms with E-state index in [1.54, 1.807) is 48.9 Å². The van der Waals surface area contributed by atoms with Gasteiger partial charge in [-0.3, -0.25) is 9.78 Å². The van der Waals surface area contributed by atoms with Crippen LogP contribution in [-0.2, 0) is 7.05 Å². The van der Waals surface area contributed by atoms with Gasteiger partial charge in [0.1, 0.15) is 17.2 Å². The van der Waals surface area contributed by atoms with Crippen LogP contribution in [0.1, 0.15) is 16.1 Å². The van der Waals surface area contributed by atoms with Crippen LogP contribution in [-0.4, -0.2) is 33.9 Å². The number of anilines is 2. The second-order valence-corrected chi connectivity index (χ2v) is 7.38. The van der Waals surface area contributed by atoms with E-state index in [1.807, 2.05) is 0 Å². The number of pyridine rings is 1. The first kappa shape index (κ1) is 22.9. The number of nitrogens with zero attached hydrogens (tertiary/aromatic N) is 3. The largest absolute Gasteiger partial charge is 0.573 e. The van der Waals surface area contributed by atoms with Crippen LogP contribution in [0.15, 0.2) is 54.7 Å². The highest BCUT2D eigenvalue weighted by Crippen LogP contribution is 2.34. The maximum absolute atomic E-state index is 12.8. The number of ether oxygens (including phenoxy) is 2. The highest BCUT2D eigenvalue weighted by Gasteiger charge is 2.32. The molecule has 2 aromatic heterocycles. The number of hydrogen-bond acceptors (Lipinski definition) is 6. The van der Waals surface area contributed by atoms with Crippen molar-refractivity contribution in [3.63, 3.8) is 0 Å². The molecule has 0 unspecified atom stereocenters. The number of carbonyl (C=O) groups excluding carboxylic acids is 1. The lowest BCUT2D eigenvalue weighted by molar-refractivity contribution is -0.274. The Hall–Kier alpha value is -4.28. The molecule has 0 aliphatic rings. The average Bonchev–Trinajstić information content (AvgIpc) is 3.08. The van der Waals surface area contributed by atoms with Crippen molar-refractivity contribution in [1.29, 1.82) is 0 Å². The van der Waals surface area contributed by atoms with E-state index in [0.29, 0.717) is 28.5 Å². The molecule has 176 valence electrons. The number of imidazole rings is 1. The van der Waals surface area contributed by atoms with Crippen LogP contribution in [0, 0.1) is 6.92 Å². The fourth-order valence-corrected chi connectivity index (χ4v) is 3.28. The van der Waals surface area contributed by atoms with Gasteiger partial charge in [0, 0.05) is 32.4 Å². The van der Waals surface area contributed by atoms with Crippen molar-refractivity contribution in [3.8, 4) is 17.2 Å². The summed E-state index contributed by atoms with van der Waals surface area (Å²) in [4.78, 5) is 20.3. The smallest absolute Gasteiger partial charge is 0.457 e. The van der Waals surface area contributed by atoms with E-state index in [2.05, 4.69) is 25.3 Å². The molecule has 8 nitrogen and oxygen atoms in total. The summed E-state index contributed by atoms with van der Waals surface area (Å²) in [6.45, 7) is 1.67. The molecule has 2 aromatic carbocycles. The van der Waals surface area contributed by atoms with Gasteiger partial charge >= 0.3 is 6.36 Å². The summed E-state index contributed by atoms with van der Waals surface area (Å²) in [6.07, 6.45) is -3.36. The Balaban J connectivity index is 1.62. The third-order valence-corrected chi connectivity index (χ3v) is 4.89. The van der Waals surface area contributed by atoms with Gasteiger partial charge in [-0.05, 0) is 42.8 Å². The number of amides is 1. The number of carbonyl (C=O) groups is 1. The Morgan fingerprint density at radius 2 is 1.82 bits per heavy atom. The van der Waals surface area contributed by atoms with Gasteiger partial charge in [-0.1, -0.05) is 6.07 Å². The molecule has 0 bridgehead atoms. The molecule has 2 heterocycles. The zero-order chi connectivity index (χ0) is 24.5. The topological polar surface area (TPSA) is 90.3 Å². The van der Waals surface area contributed by atoms with Crippen molar-refractivity contribution >= 4 is 28.6 Å². The molecule has 11 heteroatoms. The molecule has 0 fully saturated rings. The Morgan fingerprint density at radius 1 is 1.06 bits per heavy atom. The highest BCUT2D eigenvalue weighted by molar-refractivity contribution is 5.92. The van der Waals surface area contributed by atoms with Gasteiger partial charge in [0.2, 0.25) is 5.95 Å². The number of hydrogen-bond donors (Lipinski definition) is 2. The van der Waals surface area contributed by atoms with Gasteiger partial charge in [-0.15, -0.1) is 13.2 Å². The van der Waals surface area contributed by atoms with E-state index >= 15 is 0 Å². The molecule has 2 N–H and O–H groups in total. The molecule has 4 rings (SSSR count). The van der Waals surface area contributed by atoms with Crippen LogP contribution in [0.3, 0.4) is 0 Å². The number of aromatic nitrogens is 3. The molecule has 0 aliphatic carbocycles. The Bertz CT molecular complexity index is 1370. The third-order valence-electron chi connectivity index (χ3n) is 4.89. The number of rotatable bonds is 6. The van der Waals surface area contributed by atoms with Crippen molar-refractivity contribution in [2.45, 2.75) is 13.3 Å². The first-order valence-electron chi connectivity index (χ1n) is 10.1. The highest BCUT2D eigenvalue weighted by atomic mass is 19.4. The molecule has 1 amide bonds. The minimum absolute atomic E-state index is 0.122. The summed E-state index contributed by atoms with van der Waals surface area (Å²) in [5.74, 6) is 0.492. The number of alkyl halides is 3. The predicted molar refractivity (Wildman–Crippen MR) is 120 cm³/mol. The van der Waals surface area contributed by atoms with Crippen LogP contribution >= 0.6 is 0 Å². The normalized spacial score (nSPS) is 11.4. The zero-order valence-corrected chi connectivity index (χ0v) is 18.4. The van der Waals surface area contributed by atoms with Crippen LogP contribution in [0.25, 0.3) is 11.0 Å². The number of nitrogens with one attached hydrogen (secondary N) is 2. The lowest BCUT2D eigenvalue weighted by Gasteiger charge is -2.15. The molecule has 0 radical (unpaired) electrons. The van der Waals surface area contributed by atoms with Crippen molar-refractivity contribution in [2.75, 3.05) is 12.4 Å². The SMILES string of the molecule is CNC(=O)c1cc(Oc2ccc3c(c2)nc(Nc2ccc(C)cc2OC(F)(F)F)n3C)ccn1. The Labute approximate surface area is 192 Å². The maximum Gasteiger partial charge on any atom is 0.573 e. The molecular weight excluding hydrogens is 451 g/mol. The molecule has 4 aromatic rings. The van der Waals surface area contributed by atoms with E-state index in [0.717, 1.165) is 5.52 Å². The molecule has 0 saturated heterocycles. The summed E-state index contributed by atoms with van der Waals surface area (Å²) >= 11 is 0. The summed E-state index contributed by atoms with van der Waals surface area (Å²) in [6, 6.07) is 12.8. The molecule has 0 saturated carbocycles. The van der Waals surface area contributed by atoms with Gasteiger partial charge < -0.3 is 24.7 Å². The lowest BCUT2D eigenvalue weighted by atomic mass is 10.2. The van der Waals surface area contributed by atoms with Gasteiger partial charge in [-0.2, -0.15) is 0 Å². The van der Waals surface area contributed by atoms with E-state index in [9.17, 15) is 18.0 Å². The molecule has 0 spiro atoms. The Morgan fingerprint density at radius 3 is 2.56 bits per heavy atom. The molecule has 0 aliphatic heterocycles. The van der Waals surface area contributed by atoms with Crippen molar-refractivity contribution in [2.24, 2.45) is 7.05 Å². The first-order valence-corrected chi connectivity index (χ1v) is 10.1. The quantitative estimate of drug-likeness (QED) is 0.408. The van der Waals surface area contributed by atoms with E-state index < -0.39 is 6.36 Å². The van der Waals surface area contributed by atoms with Gasteiger partial charge in [0.05, 0.1) is 16.7 Å². The van der Waals surface area contributed by atoms with Crippen LogP contribution in [0.5, 0.6) is 17.2 Å². The third kappa shape index (κ3) is 5.03. The van der Waals surface area contributed by atoms with Crippen molar-refractivity contribution in [3.05, 3.63) is 66.0 Å². The van der Waals surface area contributed by atoms with E-state index in [1.165, 1.54) is 31.4 Å². The van der Waals surface area contributed by atoms with Crippen LogP contribution < -0.4 is 20.1 Å². The summed E-state index contributed by atoms with van der Waals surface area (Å²) in [5, 5.41) is 5.41. The monoisotopic (exact) mass is 471 g/mol. The minimum atomic E-state index is -4.83. The second-order valence-electron chi connectivity index (χ2n) is 7.38. The van der Waals surface area contributed by atoms with Gasteiger partial charge in [0.15, 0.2) is 5.75 Å². The van der Waals surface area contributed by atoms with E-state index in [-0.39, 0.29) is 23.0 Å². The molecular formula is C23H20F3N5O3. The Kier molecular flexibility index (Phi) is 6.01. The number of halogens is 3. The number of aryl methyl sites for hydroxylation is 2. The van der Waals surface area contributed by atoms with Crippen LogP contribution in [0.2, 0.25) is 0 Å². The molecule has 0 atom stereocenters. The molecule has 34 heavy (non-hydrogen) atoms. The summed E-state index contributed by atoms with van der Waals surface area (Å²) < 4.78 is 50.2. The number of fused-ring (bicyclic) bond motifs is 1. The van der Waals surface area contributed by atoms with Crippen molar-refractivity contribution < 1.29 is 27.4 Å². The van der Waals surface area contributed by atoms with Crippen molar-refractivity contribution in [1.82, 2.24) is 19.9 Å². The minimum Gasteiger partial charge on any atom is -0.457 e. The fourth-order valence-electron chi connectivity index (χ4n) is 3.28. The predicted octanol–water partition coefficient (Wildman–Crippen LogP) is 5.07. The van der Waals surface area contributed by atoms with Crippen LogP contribution in [0.4, 0.5) is 24.8 Å². The fraction of sp³-hybridized carbons (Fsp3) is 0.174. The van der Waals surface area contributed by atoms with Gasteiger partial charge in [-0.25, -0.2) is 4.98 Å². The van der Waals surface area contributed by atoms with E-state index in [4.69, 9.17) is 4.74 Å². The van der Waals surface area contributed by atoms with Gasteiger partial charge in [0.25, 0.3) is 5.91 Å². The summed E-state index contributed by atoms with van der Waals surface area (Å²) in [7, 11) is 3.24. The average molecular weight is 471 g/mol. The lowest BCUT2D eigenvalue weighted by Crippen LogP contribution is -2.18. The standard InChI is InChI=1S/C23H20F3N5O3/c1-13-4-6-16(20(10-13)34-23(24,25)26)29-22-30-17-11-14(5-7-19(17)31(22)3)33-15-8-9-28-18(12-15)21(32)27-2/h4-12H,1-3H3,(H,27,32)(H,29,30). The maximum atomic E-state index is 12.8. The summed E-state index contributed by atoms with van der Waals surface area (Å²) in [5.41, 5.74) is 2.22.